The van der Waals surface area contributed by atoms with Gasteiger partial charge in [-0.25, -0.2) is 0 Å². The van der Waals surface area contributed by atoms with E-state index in [0.717, 1.165) is 17.1 Å². The molecule has 1 saturated heterocycles. The van der Waals surface area contributed by atoms with Gasteiger partial charge < -0.3 is 9.22 Å². The third-order valence-corrected chi connectivity index (χ3v) is 6.67. The molecule has 0 aromatic heterocycles. The van der Waals surface area contributed by atoms with Crippen LogP contribution in [0.25, 0.3) is 0 Å². The number of quaternary nitrogens is 1. The van der Waals surface area contributed by atoms with Gasteiger partial charge in [0.05, 0.1) is 19.7 Å². The topological polar surface area (TPSA) is 9.23 Å². The standard InChI is InChI=1S/C18H32NO/c1-13-8-7-10-18(4)11-9-14-16(15(13)18)19(5,6)12-20-17(14,2)3/h8,14-16H,7,9-12H2,1-6H3/q+1/t14-,15-,16+,18+/m0/s1. The molecule has 3 rings (SSSR count). The molecule has 0 aromatic carbocycles. The smallest absolute Gasteiger partial charge is 0.183 e. The van der Waals surface area contributed by atoms with E-state index in [0.29, 0.717) is 17.4 Å². The lowest BCUT2D eigenvalue weighted by Gasteiger charge is -2.61. The van der Waals surface area contributed by atoms with Gasteiger partial charge in [-0.15, -0.1) is 0 Å². The van der Waals surface area contributed by atoms with Crippen molar-refractivity contribution in [3.8, 4) is 0 Å². The van der Waals surface area contributed by atoms with Gasteiger partial charge in [0.25, 0.3) is 0 Å². The van der Waals surface area contributed by atoms with Crippen molar-refractivity contribution in [3.05, 3.63) is 11.6 Å². The average Bonchev–Trinajstić information content (AvgIpc) is 2.34. The maximum Gasteiger partial charge on any atom is 0.183 e. The van der Waals surface area contributed by atoms with E-state index < -0.39 is 0 Å². The van der Waals surface area contributed by atoms with Gasteiger partial charge in [0.1, 0.15) is 6.04 Å². The third kappa shape index (κ3) is 1.99. The molecule has 20 heavy (non-hydrogen) atoms. The monoisotopic (exact) mass is 278 g/mol. The van der Waals surface area contributed by atoms with E-state index in [4.69, 9.17) is 4.74 Å². The lowest BCUT2D eigenvalue weighted by atomic mass is 9.53. The quantitative estimate of drug-likeness (QED) is 0.481. The van der Waals surface area contributed by atoms with Crippen molar-refractivity contribution >= 4 is 0 Å². The molecule has 0 unspecified atom stereocenters. The molecule has 2 heteroatoms. The van der Waals surface area contributed by atoms with Crippen LogP contribution in [-0.2, 0) is 4.74 Å². The lowest BCUT2D eigenvalue weighted by molar-refractivity contribution is -0.955. The molecule has 2 nitrogen and oxygen atoms in total. The Morgan fingerprint density at radius 1 is 1.20 bits per heavy atom. The van der Waals surface area contributed by atoms with E-state index in [1.807, 2.05) is 0 Å². The van der Waals surface area contributed by atoms with Crippen LogP contribution in [0.15, 0.2) is 11.6 Å². The summed E-state index contributed by atoms with van der Waals surface area (Å²) in [5.41, 5.74) is 2.21. The summed E-state index contributed by atoms with van der Waals surface area (Å²) in [6, 6.07) is 0.717. The Morgan fingerprint density at radius 2 is 1.90 bits per heavy atom. The highest BCUT2D eigenvalue weighted by Gasteiger charge is 2.60. The molecule has 3 aliphatic rings. The van der Waals surface area contributed by atoms with Crippen LogP contribution in [0.3, 0.4) is 0 Å². The van der Waals surface area contributed by atoms with Gasteiger partial charge in [-0.1, -0.05) is 18.6 Å². The molecule has 2 fully saturated rings. The first kappa shape index (κ1) is 14.6. The molecular formula is C18H32NO+. The summed E-state index contributed by atoms with van der Waals surface area (Å²) in [5, 5.41) is 0. The minimum atomic E-state index is 0.0392. The van der Waals surface area contributed by atoms with Crippen molar-refractivity contribution in [2.45, 2.75) is 65.0 Å². The SMILES string of the molecule is CC1=CCC[C@]2(C)CC[C@H]3[C@H]([C@H]12)[N+](C)(C)COC3(C)C. The molecule has 0 aromatic rings. The number of hydrogen-bond acceptors (Lipinski definition) is 1. The molecule has 1 aliphatic heterocycles. The molecule has 0 amide bonds. The van der Waals surface area contributed by atoms with Gasteiger partial charge in [-0.2, -0.15) is 0 Å². The minimum absolute atomic E-state index is 0.0392. The summed E-state index contributed by atoms with van der Waals surface area (Å²) in [4.78, 5) is 0. The van der Waals surface area contributed by atoms with E-state index in [9.17, 15) is 0 Å². The van der Waals surface area contributed by atoms with Crippen LogP contribution in [0.5, 0.6) is 0 Å². The first-order valence-electron chi connectivity index (χ1n) is 8.31. The molecule has 0 bridgehead atoms. The Hall–Kier alpha value is -0.340. The Morgan fingerprint density at radius 3 is 2.60 bits per heavy atom. The summed E-state index contributed by atoms with van der Waals surface area (Å²) < 4.78 is 7.28. The van der Waals surface area contributed by atoms with Crippen LogP contribution in [0.2, 0.25) is 0 Å². The predicted octanol–water partition coefficient (Wildman–Crippen LogP) is 3.97. The number of allylic oxidation sites excluding steroid dienone is 1. The van der Waals surface area contributed by atoms with E-state index in [1.165, 1.54) is 25.7 Å². The summed E-state index contributed by atoms with van der Waals surface area (Å²) in [6.07, 6.45) is 7.87. The molecular weight excluding hydrogens is 246 g/mol. The maximum absolute atomic E-state index is 6.25. The molecule has 114 valence electrons. The number of ether oxygens (including phenoxy) is 1. The van der Waals surface area contributed by atoms with Crippen LogP contribution in [-0.4, -0.2) is 37.0 Å². The Bertz CT molecular complexity index is 437. The van der Waals surface area contributed by atoms with E-state index in [1.54, 1.807) is 5.57 Å². The van der Waals surface area contributed by atoms with Crippen molar-refractivity contribution < 1.29 is 9.22 Å². The highest BCUT2D eigenvalue weighted by Crippen LogP contribution is 2.57. The summed E-state index contributed by atoms with van der Waals surface area (Å²) >= 11 is 0. The normalized spacial score (nSPS) is 46.1. The van der Waals surface area contributed by atoms with E-state index in [-0.39, 0.29) is 5.60 Å². The third-order valence-electron chi connectivity index (χ3n) is 6.67. The van der Waals surface area contributed by atoms with E-state index >= 15 is 0 Å². The second-order valence-corrected chi connectivity index (χ2v) is 8.91. The fourth-order valence-corrected chi connectivity index (χ4v) is 5.49. The second-order valence-electron chi connectivity index (χ2n) is 8.91. The zero-order valence-corrected chi connectivity index (χ0v) is 14.2. The van der Waals surface area contributed by atoms with Crippen LogP contribution in [0.4, 0.5) is 0 Å². The summed E-state index contributed by atoms with van der Waals surface area (Å²) in [6.45, 7) is 10.4. The van der Waals surface area contributed by atoms with Gasteiger partial charge in [0.2, 0.25) is 0 Å². The van der Waals surface area contributed by atoms with Gasteiger partial charge in [-0.05, 0) is 51.9 Å². The zero-order valence-electron chi connectivity index (χ0n) is 14.2. The number of hydrogen-bond donors (Lipinski definition) is 0. The highest BCUT2D eigenvalue weighted by atomic mass is 16.5. The maximum atomic E-state index is 6.25. The Balaban J connectivity index is 2.07. The van der Waals surface area contributed by atoms with Crippen molar-refractivity contribution in [2.24, 2.45) is 17.3 Å². The number of nitrogens with zero attached hydrogens (tertiary/aromatic N) is 1. The van der Waals surface area contributed by atoms with Gasteiger partial charge >= 0.3 is 0 Å². The van der Waals surface area contributed by atoms with Crippen LogP contribution in [0.1, 0.15) is 53.4 Å². The highest BCUT2D eigenvalue weighted by molar-refractivity contribution is 5.19. The summed E-state index contributed by atoms with van der Waals surface area (Å²) in [7, 11) is 4.75. The fraction of sp³-hybridized carbons (Fsp3) is 0.889. The first-order valence-corrected chi connectivity index (χ1v) is 8.31. The van der Waals surface area contributed by atoms with Crippen LogP contribution in [0, 0.1) is 17.3 Å². The molecule has 0 spiro atoms. The van der Waals surface area contributed by atoms with Gasteiger partial charge in [-0.3, -0.25) is 0 Å². The van der Waals surface area contributed by atoms with Crippen molar-refractivity contribution in [2.75, 3.05) is 20.8 Å². The zero-order chi connectivity index (χ0) is 14.8. The number of rotatable bonds is 0. The predicted molar refractivity (Wildman–Crippen MR) is 83.2 cm³/mol. The largest absolute Gasteiger partial charge is 0.325 e. The van der Waals surface area contributed by atoms with Crippen molar-refractivity contribution in [1.29, 1.82) is 0 Å². The Labute approximate surface area is 124 Å². The van der Waals surface area contributed by atoms with Gasteiger partial charge in [0, 0.05) is 11.8 Å². The molecule has 4 atom stereocenters. The average molecular weight is 278 g/mol. The lowest BCUT2D eigenvalue weighted by Crippen LogP contribution is -2.70. The second kappa shape index (κ2) is 4.33. The van der Waals surface area contributed by atoms with Crippen LogP contribution < -0.4 is 0 Å². The molecule has 1 heterocycles. The number of fused-ring (bicyclic) bond motifs is 3. The molecule has 0 N–H and O–H groups in total. The van der Waals surface area contributed by atoms with Crippen molar-refractivity contribution in [3.63, 3.8) is 0 Å². The molecule has 1 saturated carbocycles. The van der Waals surface area contributed by atoms with E-state index in [2.05, 4.69) is 47.9 Å². The summed E-state index contributed by atoms with van der Waals surface area (Å²) in [5.74, 6) is 1.43. The fourth-order valence-electron chi connectivity index (χ4n) is 5.49. The first-order chi connectivity index (χ1) is 9.17. The molecule has 0 radical (unpaired) electrons. The molecule has 2 aliphatic carbocycles. The van der Waals surface area contributed by atoms with Crippen molar-refractivity contribution in [1.82, 2.24) is 0 Å². The van der Waals surface area contributed by atoms with Crippen LogP contribution >= 0.6 is 0 Å². The Kier molecular flexibility index (Phi) is 3.16. The van der Waals surface area contributed by atoms with Gasteiger partial charge in [0.15, 0.2) is 6.73 Å². The minimum Gasteiger partial charge on any atom is -0.325 e.